The Hall–Kier alpha value is -2.24. The third-order valence-corrected chi connectivity index (χ3v) is 5.72. The van der Waals surface area contributed by atoms with E-state index >= 15 is 0 Å². The predicted octanol–water partition coefficient (Wildman–Crippen LogP) is 2.67. The second kappa shape index (κ2) is 7.79. The van der Waals surface area contributed by atoms with Crippen LogP contribution in [0.4, 0.5) is 0 Å². The predicted molar refractivity (Wildman–Crippen MR) is 101 cm³/mol. The minimum Gasteiger partial charge on any atom is -0.486 e. The quantitative estimate of drug-likeness (QED) is 0.863. The third kappa shape index (κ3) is 4.04. The normalized spacial score (nSPS) is 22.9. The maximum absolute atomic E-state index is 12.9. The van der Waals surface area contributed by atoms with Crippen molar-refractivity contribution in [2.45, 2.75) is 45.1 Å². The van der Waals surface area contributed by atoms with Crippen LogP contribution in [0, 0.1) is 11.8 Å². The van der Waals surface area contributed by atoms with Crippen LogP contribution in [0.15, 0.2) is 18.2 Å². The first kappa shape index (κ1) is 18.1. The summed E-state index contributed by atoms with van der Waals surface area (Å²) in [4.78, 5) is 27.1. The van der Waals surface area contributed by atoms with E-state index in [2.05, 4.69) is 12.2 Å². The zero-order valence-corrected chi connectivity index (χ0v) is 15.9. The Morgan fingerprint density at radius 1 is 1.15 bits per heavy atom. The number of likely N-dealkylation sites (tertiary alicyclic amines) is 1. The van der Waals surface area contributed by atoms with Crippen LogP contribution >= 0.6 is 0 Å². The van der Waals surface area contributed by atoms with Crippen LogP contribution in [0.5, 0.6) is 11.5 Å². The van der Waals surface area contributed by atoms with Gasteiger partial charge < -0.3 is 19.7 Å². The van der Waals surface area contributed by atoms with Crippen LogP contribution in [0.3, 0.4) is 0 Å². The number of carbonyl (C=O) groups is 2. The lowest BCUT2D eigenvalue weighted by Crippen LogP contribution is -2.46. The monoisotopic (exact) mass is 372 g/mol. The van der Waals surface area contributed by atoms with Crippen molar-refractivity contribution in [2.75, 3.05) is 26.3 Å². The zero-order valence-electron chi connectivity index (χ0n) is 15.9. The number of nitrogens with zero attached hydrogens (tertiary/aromatic N) is 1. The first-order chi connectivity index (χ1) is 13.2. The maximum Gasteiger partial charge on any atom is 0.225 e. The fraction of sp³-hybridized carbons (Fsp3) is 0.619. The van der Waals surface area contributed by atoms with Crippen molar-refractivity contribution in [2.24, 2.45) is 11.8 Å². The van der Waals surface area contributed by atoms with Crippen LogP contribution in [-0.2, 0) is 9.59 Å². The van der Waals surface area contributed by atoms with E-state index in [-0.39, 0.29) is 29.7 Å². The smallest absolute Gasteiger partial charge is 0.225 e. The van der Waals surface area contributed by atoms with E-state index in [1.54, 1.807) is 0 Å². The lowest BCUT2D eigenvalue weighted by atomic mass is 9.95. The van der Waals surface area contributed by atoms with Crippen molar-refractivity contribution in [1.82, 2.24) is 10.2 Å². The van der Waals surface area contributed by atoms with Crippen molar-refractivity contribution < 1.29 is 19.1 Å². The molecule has 2 aliphatic heterocycles. The number of piperidine rings is 1. The molecule has 1 saturated carbocycles. The summed E-state index contributed by atoms with van der Waals surface area (Å²) in [5.41, 5.74) is 1.02. The Balaban J connectivity index is 1.40. The molecule has 0 spiro atoms. The zero-order chi connectivity index (χ0) is 18.8. The van der Waals surface area contributed by atoms with Crippen molar-refractivity contribution in [3.8, 4) is 11.5 Å². The van der Waals surface area contributed by atoms with E-state index in [1.165, 1.54) is 0 Å². The second-order valence-electron chi connectivity index (χ2n) is 7.77. The molecule has 1 aromatic carbocycles. The van der Waals surface area contributed by atoms with Gasteiger partial charge in [0.05, 0.1) is 12.0 Å². The van der Waals surface area contributed by atoms with Gasteiger partial charge in [-0.05, 0) is 49.8 Å². The van der Waals surface area contributed by atoms with Gasteiger partial charge in [0.15, 0.2) is 11.5 Å². The van der Waals surface area contributed by atoms with E-state index in [9.17, 15) is 9.59 Å². The van der Waals surface area contributed by atoms with Gasteiger partial charge in [-0.3, -0.25) is 9.59 Å². The Bertz CT molecular complexity index is 716. The van der Waals surface area contributed by atoms with Crippen LogP contribution < -0.4 is 14.8 Å². The van der Waals surface area contributed by atoms with E-state index in [1.807, 2.05) is 23.1 Å². The number of fused-ring (bicyclic) bond motifs is 1. The maximum atomic E-state index is 12.9. The average Bonchev–Trinajstić information content (AvgIpc) is 3.56. The molecule has 2 amide bonds. The van der Waals surface area contributed by atoms with E-state index in [4.69, 9.17) is 9.47 Å². The fourth-order valence-corrected chi connectivity index (χ4v) is 3.97. The van der Waals surface area contributed by atoms with Gasteiger partial charge >= 0.3 is 0 Å². The number of carbonyl (C=O) groups excluding carboxylic acids is 2. The molecule has 6 nitrogen and oxygen atoms in total. The molecule has 0 radical (unpaired) electrons. The highest BCUT2D eigenvalue weighted by Gasteiger charge is 2.37. The fourth-order valence-electron chi connectivity index (χ4n) is 3.97. The molecule has 2 fully saturated rings. The molecule has 2 unspecified atom stereocenters. The Labute approximate surface area is 160 Å². The van der Waals surface area contributed by atoms with Crippen molar-refractivity contribution in [1.29, 1.82) is 0 Å². The highest BCUT2D eigenvalue weighted by atomic mass is 16.6. The van der Waals surface area contributed by atoms with Crippen LogP contribution in [-0.4, -0.2) is 43.0 Å². The summed E-state index contributed by atoms with van der Waals surface area (Å²) in [6, 6.07) is 5.80. The lowest BCUT2D eigenvalue weighted by Gasteiger charge is -2.33. The molecular formula is C21H28N2O4. The first-order valence-corrected chi connectivity index (χ1v) is 10.1. The van der Waals surface area contributed by atoms with Gasteiger partial charge in [-0.25, -0.2) is 0 Å². The van der Waals surface area contributed by atoms with Gasteiger partial charge in [-0.15, -0.1) is 0 Å². The molecule has 1 aromatic rings. The number of rotatable bonds is 5. The Morgan fingerprint density at radius 2 is 1.93 bits per heavy atom. The van der Waals surface area contributed by atoms with Gasteiger partial charge in [-0.1, -0.05) is 13.0 Å². The van der Waals surface area contributed by atoms with Crippen molar-refractivity contribution in [3.05, 3.63) is 23.8 Å². The number of amides is 2. The van der Waals surface area contributed by atoms with Gasteiger partial charge in [0, 0.05) is 19.0 Å². The SMILES string of the molecule is CCC(NC(=O)C1CCCN(C(=O)C2CC2)C1)c1ccc2c(c1)OCCO2. The van der Waals surface area contributed by atoms with Crippen LogP contribution in [0.2, 0.25) is 0 Å². The molecule has 2 heterocycles. The highest BCUT2D eigenvalue weighted by molar-refractivity contribution is 5.83. The number of benzene rings is 1. The summed E-state index contributed by atoms with van der Waals surface area (Å²) >= 11 is 0. The van der Waals surface area contributed by atoms with E-state index in [0.29, 0.717) is 19.8 Å². The molecule has 2 atom stereocenters. The number of ether oxygens (including phenoxy) is 2. The third-order valence-electron chi connectivity index (χ3n) is 5.72. The number of hydrogen-bond acceptors (Lipinski definition) is 4. The van der Waals surface area contributed by atoms with Crippen molar-refractivity contribution >= 4 is 11.8 Å². The summed E-state index contributed by atoms with van der Waals surface area (Å²) in [6.07, 6.45) is 4.56. The first-order valence-electron chi connectivity index (χ1n) is 10.1. The van der Waals surface area contributed by atoms with Gasteiger partial charge in [0.1, 0.15) is 13.2 Å². The molecule has 1 saturated heterocycles. The molecule has 0 bridgehead atoms. The molecular weight excluding hydrogens is 344 g/mol. The molecule has 1 aliphatic carbocycles. The van der Waals surface area contributed by atoms with E-state index in [0.717, 1.165) is 55.7 Å². The molecule has 3 aliphatic rings. The summed E-state index contributed by atoms with van der Waals surface area (Å²) in [7, 11) is 0. The summed E-state index contributed by atoms with van der Waals surface area (Å²) in [5, 5.41) is 3.19. The molecule has 4 rings (SSSR count). The number of hydrogen-bond donors (Lipinski definition) is 1. The average molecular weight is 372 g/mol. The largest absolute Gasteiger partial charge is 0.486 e. The Morgan fingerprint density at radius 3 is 2.67 bits per heavy atom. The van der Waals surface area contributed by atoms with Gasteiger partial charge in [0.25, 0.3) is 0 Å². The molecule has 0 aromatic heterocycles. The molecule has 27 heavy (non-hydrogen) atoms. The molecule has 6 heteroatoms. The number of nitrogens with one attached hydrogen (secondary N) is 1. The molecule has 146 valence electrons. The Kier molecular flexibility index (Phi) is 5.23. The standard InChI is InChI=1S/C21H28N2O4/c1-2-17(15-7-8-18-19(12-15)27-11-10-26-18)22-20(24)16-4-3-9-23(13-16)21(25)14-5-6-14/h7-8,12,14,16-17H,2-6,9-11,13H2,1H3,(H,22,24). The molecule has 1 N–H and O–H groups in total. The summed E-state index contributed by atoms with van der Waals surface area (Å²) in [5.74, 6) is 1.88. The van der Waals surface area contributed by atoms with Crippen LogP contribution in [0.1, 0.15) is 50.6 Å². The van der Waals surface area contributed by atoms with Crippen LogP contribution in [0.25, 0.3) is 0 Å². The van der Waals surface area contributed by atoms with E-state index < -0.39 is 0 Å². The summed E-state index contributed by atoms with van der Waals surface area (Å²) in [6.45, 7) is 4.52. The summed E-state index contributed by atoms with van der Waals surface area (Å²) < 4.78 is 11.2. The minimum atomic E-state index is -0.118. The highest BCUT2D eigenvalue weighted by Crippen LogP contribution is 2.34. The van der Waals surface area contributed by atoms with Crippen molar-refractivity contribution in [3.63, 3.8) is 0 Å². The van der Waals surface area contributed by atoms with Gasteiger partial charge in [0.2, 0.25) is 11.8 Å². The topological polar surface area (TPSA) is 67.9 Å². The minimum absolute atomic E-state index is 0.0463. The second-order valence-corrected chi connectivity index (χ2v) is 7.77. The lowest BCUT2D eigenvalue weighted by molar-refractivity contribution is -0.137. The van der Waals surface area contributed by atoms with Gasteiger partial charge in [-0.2, -0.15) is 0 Å².